The number of aliphatic carboxylic acids is 1. The van der Waals surface area contributed by atoms with Crippen LogP contribution in [0.25, 0.3) is 6.08 Å². The Hall–Kier alpha value is -1.77. The third-order valence-corrected chi connectivity index (χ3v) is 2.04. The number of carbonyl (C=O) groups is 1. The normalized spacial score (nSPS) is 11.2. The second-order valence-electron chi connectivity index (χ2n) is 3.25. The van der Waals surface area contributed by atoms with Gasteiger partial charge in [-0.2, -0.15) is 0 Å². The number of nitrogens with one attached hydrogen (secondary N) is 1. The Kier molecular flexibility index (Phi) is 3.92. The summed E-state index contributed by atoms with van der Waals surface area (Å²) in [6.45, 7) is 4.41. The van der Waals surface area contributed by atoms with E-state index in [1.54, 1.807) is 13.0 Å². The molecule has 0 saturated heterocycles. The van der Waals surface area contributed by atoms with Gasteiger partial charge in [-0.3, -0.25) is 0 Å². The minimum atomic E-state index is -0.888. The molecule has 2 N–H and O–H groups in total. The largest absolute Gasteiger partial charge is 0.478 e. The molecule has 0 spiro atoms. The van der Waals surface area contributed by atoms with Crippen LogP contribution in [-0.2, 0) is 4.79 Å². The number of benzene rings is 1. The van der Waals surface area contributed by atoms with E-state index in [-0.39, 0.29) is 0 Å². The zero-order chi connectivity index (χ0) is 11.3. The highest BCUT2D eigenvalue weighted by atomic mass is 16.4. The van der Waals surface area contributed by atoms with E-state index in [2.05, 4.69) is 5.32 Å². The van der Waals surface area contributed by atoms with Crippen molar-refractivity contribution in [2.75, 3.05) is 11.9 Å². The molecule has 0 atom stereocenters. The van der Waals surface area contributed by atoms with Crippen LogP contribution in [0.1, 0.15) is 19.4 Å². The van der Waals surface area contributed by atoms with Crippen molar-refractivity contribution in [2.45, 2.75) is 13.8 Å². The molecule has 0 saturated carbocycles. The summed E-state index contributed by atoms with van der Waals surface area (Å²) in [6, 6.07) is 7.64. The lowest BCUT2D eigenvalue weighted by Gasteiger charge is -2.07. The topological polar surface area (TPSA) is 49.3 Å². The van der Waals surface area contributed by atoms with Crippen molar-refractivity contribution in [3.63, 3.8) is 0 Å². The van der Waals surface area contributed by atoms with Crippen molar-refractivity contribution in [2.24, 2.45) is 0 Å². The van der Waals surface area contributed by atoms with E-state index in [1.165, 1.54) is 0 Å². The summed E-state index contributed by atoms with van der Waals surface area (Å²) in [5.41, 5.74) is 2.19. The maximum Gasteiger partial charge on any atom is 0.331 e. The van der Waals surface area contributed by atoms with Crippen LogP contribution in [0.4, 0.5) is 5.69 Å². The van der Waals surface area contributed by atoms with Crippen LogP contribution in [0.5, 0.6) is 0 Å². The second kappa shape index (κ2) is 5.20. The first-order valence-corrected chi connectivity index (χ1v) is 4.89. The fourth-order valence-electron chi connectivity index (χ4n) is 1.27. The standard InChI is InChI=1S/C12H15NO2/c1-3-13-11-7-5-4-6-10(11)8-9(2)12(14)15/h4-8,13H,3H2,1-2H3,(H,14,15). The fraction of sp³-hybridized carbons (Fsp3) is 0.250. The fourth-order valence-corrected chi connectivity index (χ4v) is 1.27. The lowest BCUT2D eigenvalue weighted by Crippen LogP contribution is -2.00. The Bertz CT molecular complexity index is 383. The first-order chi connectivity index (χ1) is 7.15. The van der Waals surface area contributed by atoms with Gasteiger partial charge in [-0.1, -0.05) is 18.2 Å². The molecular formula is C12H15NO2. The quantitative estimate of drug-likeness (QED) is 0.743. The number of hydrogen-bond acceptors (Lipinski definition) is 2. The van der Waals surface area contributed by atoms with Crippen molar-refractivity contribution in [1.82, 2.24) is 0 Å². The summed E-state index contributed by atoms with van der Waals surface area (Å²) in [5, 5.41) is 12.0. The number of hydrogen-bond donors (Lipinski definition) is 2. The van der Waals surface area contributed by atoms with Gasteiger partial charge in [0.25, 0.3) is 0 Å². The molecule has 15 heavy (non-hydrogen) atoms. The molecule has 0 fully saturated rings. The molecule has 0 aromatic heterocycles. The van der Waals surface area contributed by atoms with E-state index >= 15 is 0 Å². The summed E-state index contributed by atoms with van der Waals surface area (Å²) in [4.78, 5) is 10.7. The minimum absolute atomic E-state index is 0.334. The molecule has 0 bridgehead atoms. The van der Waals surface area contributed by atoms with E-state index in [9.17, 15) is 4.79 Å². The summed E-state index contributed by atoms with van der Waals surface area (Å²) >= 11 is 0. The van der Waals surface area contributed by atoms with Gasteiger partial charge >= 0.3 is 5.97 Å². The Balaban J connectivity index is 3.03. The molecule has 0 aliphatic carbocycles. The molecular weight excluding hydrogens is 190 g/mol. The van der Waals surface area contributed by atoms with Gasteiger partial charge in [-0.05, 0) is 31.6 Å². The van der Waals surface area contributed by atoms with Crippen LogP contribution in [-0.4, -0.2) is 17.6 Å². The maximum absolute atomic E-state index is 10.7. The van der Waals surface area contributed by atoms with Gasteiger partial charge in [-0.15, -0.1) is 0 Å². The Morgan fingerprint density at radius 2 is 2.13 bits per heavy atom. The SMILES string of the molecule is CCNc1ccccc1C=C(C)C(=O)O. The molecule has 0 unspecified atom stereocenters. The number of carboxylic acids is 1. The minimum Gasteiger partial charge on any atom is -0.478 e. The van der Waals surface area contributed by atoms with Crippen molar-refractivity contribution >= 4 is 17.7 Å². The molecule has 3 heteroatoms. The highest BCUT2D eigenvalue weighted by molar-refractivity contribution is 5.92. The summed E-state index contributed by atoms with van der Waals surface area (Å²) < 4.78 is 0. The number of para-hydroxylation sites is 1. The third-order valence-electron chi connectivity index (χ3n) is 2.04. The first kappa shape index (κ1) is 11.3. The van der Waals surface area contributed by atoms with E-state index in [0.29, 0.717) is 5.57 Å². The van der Waals surface area contributed by atoms with E-state index in [4.69, 9.17) is 5.11 Å². The highest BCUT2D eigenvalue weighted by Gasteiger charge is 2.02. The molecule has 0 amide bonds. The predicted molar refractivity (Wildman–Crippen MR) is 61.9 cm³/mol. The molecule has 80 valence electrons. The average molecular weight is 205 g/mol. The van der Waals surface area contributed by atoms with Crippen LogP contribution < -0.4 is 5.32 Å². The van der Waals surface area contributed by atoms with Gasteiger partial charge < -0.3 is 10.4 Å². The van der Waals surface area contributed by atoms with Gasteiger partial charge in [-0.25, -0.2) is 4.79 Å². The van der Waals surface area contributed by atoms with Crippen LogP contribution in [0.15, 0.2) is 29.8 Å². The summed E-state index contributed by atoms with van der Waals surface area (Å²) in [5.74, 6) is -0.888. The Labute approximate surface area is 89.4 Å². The highest BCUT2D eigenvalue weighted by Crippen LogP contribution is 2.18. The van der Waals surface area contributed by atoms with Crippen molar-refractivity contribution in [3.8, 4) is 0 Å². The molecule has 0 heterocycles. The molecule has 0 aliphatic rings. The number of carboxylic acid groups (broad SMARTS) is 1. The molecule has 1 aromatic carbocycles. The lowest BCUT2D eigenvalue weighted by atomic mass is 10.1. The maximum atomic E-state index is 10.7. The average Bonchev–Trinajstić information content (AvgIpc) is 2.21. The van der Waals surface area contributed by atoms with Crippen molar-refractivity contribution in [3.05, 3.63) is 35.4 Å². The number of rotatable bonds is 4. The molecule has 3 nitrogen and oxygen atoms in total. The van der Waals surface area contributed by atoms with Crippen LogP contribution >= 0.6 is 0 Å². The van der Waals surface area contributed by atoms with E-state index in [1.807, 2.05) is 31.2 Å². The first-order valence-electron chi connectivity index (χ1n) is 4.89. The Morgan fingerprint density at radius 3 is 2.73 bits per heavy atom. The molecule has 1 rings (SSSR count). The smallest absolute Gasteiger partial charge is 0.331 e. The van der Waals surface area contributed by atoms with Crippen LogP contribution in [0, 0.1) is 0 Å². The van der Waals surface area contributed by atoms with E-state index < -0.39 is 5.97 Å². The molecule has 0 radical (unpaired) electrons. The van der Waals surface area contributed by atoms with Gasteiger partial charge in [0, 0.05) is 17.8 Å². The van der Waals surface area contributed by atoms with Gasteiger partial charge in [0.05, 0.1) is 0 Å². The number of anilines is 1. The van der Waals surface area contributed by atoms with Gasteiger partial charge in [0.1, 0.15) is 0 Å². The lowest BCUT2D eigenvalue weighted by molar-refractivity contribution is -0.132. The zero-order valence-electron chi connectivity index (χ0n) is 8.95. The second-order valence-corrected chi connectivity index (χ2v) is 3.25. The van der Waals surface area contributed by atoms with Gasteiger partial charge in [0.2, 0.25) is 0 Å². The third kappa shape index (κ3) is 3.13. The Morgan fingerprint density at radius 1 is 1.47 bits per heavy atom. The predicted octanol–water partition coefficient (Wildman–Crippen LogP) is 2.61. The summed E-state index contributed by atoms with van der Waals surface area (Å²) in [6.07, 6.45) is 1.67. The molecule has 1 aromatic rings. The summed E-state index contributed by atoms with van der Waals surface area (Å²) in [7, 11) is 0. The molecule has 0 aliphatic heterocycles. The van der Waals surface area contributed by atoms with Gasteiger partial charge in [0.15, 0.2) is 0 Å². The van der Waals surface area contributed by atoms with Crippen molar-refractivity contribution in [1.29, 1.82) is 0 Å². The van der Waals surface area contributed by atoms with Crippen LogP contribution in [0.2, 0.25) is 0 Å². The monoisotopic (exact) mass is 205 g/mol. The van der Waals surface area contributed by atoms with E-state index in [0.717, 1.165) is 17.8 Å². The van der Waals surface area contributed by atoms with Crippen LogP contribution in [0.3, 0.4) is 0 Å². The zero-order valence-corrected chi connectivity index (χ0v) is 8.95. The van der Waals surface area contributed by atoms with Crippen molar-refractivity contribution < 1.29 is 9.90 Å².